The van der Waals surface area contributed by atoms with E-state index in [0.29, 0.717) is 0 Å². The molecule has 1 N–H and O–H groups in total. The van der Waals surface area contributed by atoms with Crippen molar-refractivity contribution in [3.05, 3.63) is 33.6 Å². The summed E-state index contributed by atoms with van der Waals surface area (Å²) in [6.45, 7) is 0. The quantitative estimate of drug-likeness (QED) is 0.413. The SMILES string of the molecule is O[C@@H](C[As]CC1(C(F)(F)F)CC1)c1c(Cl)ccc(F)c1Cl. The van der Waals surface area contributed by atoms with E-state index in [4.69, 9.17) is 23.2 Å². The second-order valence-corrected chi connectivity index (χ2v) is 8.27. The third kappa shape index (κ3) is 3.69. The van der Waals surface area contributed by atoms with Crippen LogP contribution in [0.5, 0.6) is 0 Å². The molecule has 0 unspecified atom stereocenters. The van der Waals surface area contributed by atoms with Crippen LogP contribution in [-0.2, 0) is 0 Å². The Hall–Kier alpha value is 0.0384. The van der Waals surface area contributed by atoms with E-state index in [9.17, 15) is 22.7 Å². The summed E-state index contributed by atoms with van der Waals surface area (Å²) in [6.07, 6.45) is -5.00. The molecule has 117 valence electrons. The molecule has 2 rings (SSSR count). The van der Waals surface area contributed by atoms with Crippen LogP contribution in [0.2, 0.25) is 20.5 Å². The first kappa shape index (κ1) is 17.4. The second kappa shape index (κ2) is 6.27. The first-order valence-corrected chi connectivity index (χ1v) is 9.60. The van der Waals surface area contributed by atoms with Crippen LogP contribution in [0, 0.1) is 11.2 Å². The van der Waals surface area contributed by atoms with Gasteiger partial charge in [-0.2, -0.15) is 0 Å². The molecule has 1 aliphatic carbocycles. The molecule has 1 fully saturated rings. The Balaban J connectivity index is 1.98. The third-order valence-corrected chi connectivity index (χ3v) is 7.30. The Morgan fingerprint density at radius 2 is 1.90 bits per heavy atom. The minimum absolute atomic E-state index is 0.0502. The minimum atomic E-state index is -4.18. The van der Waals surface area contributed by atoms with E-state index < -0.39 is 39.3 Å². The molecule has 1 nitrogen and oxygen atoms in total. The molecular weight excluding hydrogens is 394 g/mol. The standard InChI is InChI=1S/C13H12AsCl2F4O/c15-7-1-2-8(17)11(16)10(7)9(21)5-14-6-12(3-4-12)13(18,19)20/h1-2,9,21H,3-6H2/t9-/m0/s1. The van der Waals surface area contributed by atoms with Gasteiger partial charge in [0, 0.05) is 0 Å². The van der Waals surface area contributed by atoms with Gasteiger partial charge in [0.05, 0.1) is 0 Å². The summed E-state index contributed by atoms with van der Waals surface area (Å²) < 4.78 is 51.7. The molecule has 1 aliphatic rings. The fourth-order valence-electron chi connectivity index (χ4n) is 2.02. The van der Waals surface area contributed by atoms with Crippen LogP contribution in [0.4, 0.5) is 17.6 Å². The van der Waals surface area contributed by atoms with E-state index in [-0.39, 0.29) is 38.9 Å². The van der Waals surface area contributed by atoms with Crippen LogP contribution in [-0.4, -0.2) is 27.0 Å². The van der Waals surface area contributed by atoms with Crippen LogP contribution < -0.4 is 0 Å². The van der Waals surface area contributed by atoms with Gasteiger partial charge in [0.25, 0.3) is 0 Å². The van der Waals surface area contributed by atoms with Crippen molar-refractivity contribution in [2.24, 2.45) is 5.41 Å². The van der Waals surface area contributed by atoms with Gasteiger partial charge in [0.2, 0.25) is 0 Å². The zero-order valence-electron chi connectivity index (χ0n) is 10.7. The predicted octanol–water partition coefficient (Wildman–Crippen LogP) is 5.05. The first-order chi connectivity index (χ1) is 9.68. The molecule has 0 amide bonds. The molecule has 1 atom stereocenters. The maximum absolute atomic E-state index is 13.4. The summed E-state index contributed by atoms with van der Waals surface area (Å²) in [7, 11) is 0. The Morgan fingerprint density at radius 1 is 1.29 bits per heavy atom. The van der Waals surface area contributed by atoms with Crippen LogP contribution in [0.25, 0.3) is 0 Å². The van der Waals surface area contributed by atoms with Crippen molar-refractivity contribution in [2.75, 3.05) is 0 Å². The molecule has 21 heavy (non-hydrogen) atoms. The van der Waals surface area contributed by atoms with E-state index in [2.05, 4.69) is 0 Å². The van der Waals surface area contributed by atoms with E-state index in [1.807, 2.05) is 0 Å². The number of aliphatic hydroxyl groups excluding tert-OH is 1. The summed E-state index contributed by atoms with van der Waals surface area (Å²) in [6, 6.07) is 2.35. The van der Waals surface area contributed by atoms with Crippen LogP contribution in [0.1, 0.15) is 24.5 Å². The zero-order chi connectivity index (χ0) is 15.8. The van der Waals surface area contributed by atoms with Crippen molar-refractivity contribution >= 4 is 39.0 Å². The average molecular weight is 406 g/mol. The Morgan fingerprint density at radius 3 is 2.43 bits per heavy atom. The van der Waals surface area contributed by atoms with Crippen molar-refractivity contribution in [3.63, 3.8) is 0 Å². The Kier molecular flexibility index (Phi) is 5.19. The van der Waals surface area contributed by atoms with Gasteiger partial charge in [-0.15, -0.1) is 0 Å². The summed E-state index contributed by atoms with van der Waals surface area (Å²) in [4.78, 5) is 0. The van der Waals surface area contributed by atoms with Gasteiger partial charge in [-0.1, -0.05) is 0 Å². The van der Waals surface area contributed by atoms with Gasteiger partial charge in [0.15, 0.2) is 0 Å². The van der Waals surface area contributed by atoms with Crippen molar-refractivity contribution in [3.8, 4) is 0 Å². The number of hydrogen-bond acceptors (Lipinski definition) is 1. The fourth-order valence-corrected chi connectivity index (χ4v) is 5.75. The average Bonchev–Trinajstić information content (AvgIpc) is 3.15. The molecule has 1 radical (unpaired) electrons. The molecule has 0 saturated heterocycles. The van der Waals surface area contributed by atoms with E-state index in [0.717, 1.165) is 6.07 Å². The molecule has 1 aromatic carbocycles. The van der Waals surface area contributed by atoms with E-state index in [1.54, 1.807) is 0 Å². The number of aliphatic hydroxyl groups is 1. The van der Waals surface area contributed by atoms with Gasteiger partial charge in [-0.25, -0.2) is 0 Å². The van der Waals surface area contributed by atoms with Crippen molar-refractivity contribution < 1.29 is 22.7 Å². The predicted molar refractivity (Wildman–Crippen MR) is 74.5 cm³/mol. The maximum atomic E-state index is 13.4. The van der Waals surface area contributed by atoms with Gasteiger partial charge in [-0.3, -0.25) is 0 Å². The molecule has 0 spiro atoms. The van der Waals surface area contributed by atoms with Crippen LogP contribution >= 0.6 is 23.2 Å². The van der Waals surface area contributed by atoms with Crippen molar-refractivity contribution in [2.45, 2.75) is 35.5 Å². The van der Waals surface area contributed by atoms with Crippen LogP contribution in [0.15, 0.2) is 12.1 Å². The molecule has 0 aromatic heterocycles. The second-order valence-electron chi connectivity index (χ2n) is 5.12. The van der Waals surface area contributed by atoms with Crippen molar-refractivity contribution in [1.82, 2.24) is 0 Å². The summed E-state index contributed by atoms with van der Waals surface area (Å²) in [5, 5.41) is 10.1. The topological polar surface area (TPSA) is 20.2 Å². The Bertz CT molecular complexity index is 532. The van der Waals surface area contributed by atoms with Crippen molar-refractivity contribution in [1.29, 1.82) is 0 Å². The number of benzene rings is 1. The third-order valence-electron chi connectivity index (χ3n) is 3.58. The number of halogens is 6. The van der Waals surface area contributed by atoms with Gasteiger partial charge < -0.3 is 0 Å². The summed E-state index contributed by atoms with van der Waals surface area (Å²) in [5.41, 5.74) is -1.49. The Labute approximate surface area is 136 Å². The molecule has 8 heteroatoms. The van der Waals surface area contributed by atoms with E-state index >= 15 is 0 Å². The van der Waals surface area contributed by atoms with Gasteiger partial charge in [-0.05, 0) is 0 Å². The molecule has 0 bridgehead atoms. The number of rotatable bonds is 5. The zero-order valence-corrected chi connectivity index (χ0v) is 14.1. The molecule has 0 aliphatic heterocycles. The normalized spacial score (nSPS) is 19.2. The van der Waals surface area contributed by atoms with E-state index in [1.165, 1.54) is 6.07 Å². The fraction of sp³-hybridized carbons (Fsp3) is 0.538. The molecular formula is C13H12AsCl2F4O. The monoisotopic (exact) mass is 405 g/mol. The molecule has 0 heterocycles. The number of alkyl halides is 3. The summed E-state index contributed by atoms with van der Waals surface area (Å²) in [5.74, 6) is -0.708. The number of hydrogen-bond donors (Lipinski definition) is 1. The van der Waals surface area contributed by atoms with Crippen LogP contribution in [0.3, 0.4) is 0 Å². The molecule has 1 saturated carbocycles. The molecule has 1 aromatic rings. The van der Waals surface area contributed by atoms with Gasteiger partial charge >= 0.3 is 136 Å². The summed E-state index contributed by atoms with van der Waals surface area (Å²) >= 11 is 10.9. The first-order valence-electron chi connectivity index (χ1n) is 6.19. The van der Waals surface area contributed by atoms with Gasteiger partial charge in [0.1, 0.15) is 0 Å².